The SMILES string of the molecule is C=CCc1nc(C(=O)O)c(OC(=O)C(C)(C)C)c(=O)n1C. The summed E-state index contributed by atoms with van der Waals surface area (Å²) in [6.07, 6.45) is 1.72. The molecule has 0 spiro atoms. The molecule has 0 saturated heterocycles. The van der Waals surface area contributed by atoms with Crippen molar-refractivity contribution in [3.63, 3.8) is 0 Å². The molecule has 0 bridgehead atoms. The number of allylic oxidation sites excluding steroid dienone is 1. The second-order valence-corrected chi connectivity index (χ2v) is 5.51. The van der Waals surface area contributed by atoms with E-state index in [9.17, 15) is 14.4 Å². The van der Waals surface area contributed by atoms with E-state index in [0.717, 1.165) is 4.57 Å². The summed E-state index contributed by atoms with van der Waals surface area (Å²) >= 11 is 0. The van der Waals surface area contributed by atoms with Crippen LogP contribution in [0.3, 0.4) is 0 Å². The number of rotatable bonds is 4. The fourth-order valence-electron chi connectivity index (χ4n) is 1.42. The van der Waals surface area contributed by atoms with Crippen LogP contribution in [0.4, 0.5) is 0 Å². The number of ether oxygens (including phenoxy) is 1. The minimum Gasteiger partial charge on any atom is -0.476 e. The molecule has 7 heteroatoms. The van der Waals surface area contributed by atoms with E-state index in [1.54, 1.807) is 20.8 Å². The predicted octanol–water partition coefficient (Wildman–Crippen LogP) is 1.16. The summed E-state index contributed by atoms with van der Waals surface area (Å²) < 4.78 is 6.11. The smallest absolute Gasteiger partial charge is 0.358 e. The van der Waals surface area contributed by atoms with Crippen molar-refractivity contribution in [2.24, 2.45) is 12.5 Å². The fourth-order valence-corrected chi connectivity index (χ4v) is 1.42. The topological polar surface area (TPSA) is 98.5 Å². The van der Waals surface area contributed by atoms with Crippen LogP contribution in [0, 0.1) is 5.41 Å². The number of carbonyl (C=O) groups excluding carboxylic acids is 1. The van der Waals surface area contributed by atoms with Gasteiger partial charge in [0.05, 0.1) is 5.41 Å². The Morgan fingerprint density at radius 2 is 2.00 bits per heavy atom. The van der Waals surface area contributed by atoms with Gasteiger partial charge in [-0.25, -0.2) is 9.78 Å². The van der Waals surface area contributed by atoms with Gasteiger partial charge in [0.2, 0.25) is 5.75 Å². The van der Waals surface area contributed by atoms with Gasteiger partial charge >= 0.3 is 11.9 Å². The number of nitrogens with zero attached hydrogens (tertiary/aromatic N) is 2. The molecule has 0 unspecified atom stereocenters. The molecule has 1 aromatic rings. The Bertz CT molecular complexity index is 653. The molecule has 0 aliphatic carbocycles. The normalized spacial score (nSPS) is 11.0. The molecule has 1 heterocycles. The monoisotopic (exact) mass is 294 g/mol. The predicted molar refractivity (Wildman–Crippen MR) is 75.4 cm³/mol. The number of carboxylic acids is 1. The lowest BCUT2D eigenvalue weighted by molar-refractivity contribution is -0.143. The molecule has 0 aliphatic rings. The molecule has 1 rings (SSSR count). The van der Waals surface area contributed by atoms with E-state index in [0.29, 0.717) is 0 Å². The van der Waals surface area contributed by atoms with Gasteiger partial charge < -0.3 is 9.84 Å². The number of hydrogen-bond acceptors (Lipinski definition) is 5. The molecule has 21 heavy (non-hydrogen) atoms. The van der Waals surface area contributed by atoms with Crippen molar-refractivity contribution in [2.45, 2.75) is 27.2 Å². The van der Waals surface area contributed by atoms with Crippen LogP contribution in [0.15, 0.2) is 17.4 Å². The highest BCUT2D eigenvalue weighted by molar-refractivity contribution is 5.90. The lowest BCUT2D eigenvalue weighted by Crippen LogP contribution is -2.33. The third kappa shape index (κ3) is 3.56. The Kier molecular flexibility index (Phi) is 4.67. The molecule has 1 aromatic heterocycles. The number of aromatic carboxylic acids is 1. The van der Waals surface area contributed by atoms with Crippen LogP contribution in [-0.2, 0) is 18.3 Å². The molecule has 0 aromatic carbocycles. The van der Waals surface area contributed by atoms with Gasteiger partial charge in [-0.2, -0.15) is 0 Å². The summed E-state index contributed by atoms with van der Waals surface area (Å²) in [5, 5.41) is 9.16. The standard InChI is InChI=1S/C14H18N2O5/c1-6-7-8-15-9(12(18)19)10(11(17)16(8)5)21-13(20)14(2,3)4/h6H,1,7H2,2-5H3,(H,18,19). The van der Waals surface area contributed by atoms with Crippen molar-refractivity contribution in [3.05, 3.63) is 34.5 Å². The van der Waals surface area contributed by atoms with Crippen molar-refractivity contribution >= 4 is 11.9 Å². The van der Waals surface area contributed by atoms with E-state index < -0.39 is 34.4 Å². The summed E-state index contributed by atoms with van der Waals surface area (Å²) in [5.74, 6) is -2.49. The number of esters is 1. The summed E-state index contributed by atoms with van der Waals surface area (Å²) in [5.41, 5.74) is -2.18. The zero-order chi connectivity index (χ0) is 16.4. The molecular formula is C14H18N2O5. The van der Waals surface area contributed by atoms with E-state index in [-0.39, 0.29) is 12.2 Å². The Hall–Kier alpha value is -2.44. The minimum atomic E-state index is -1.44. The largest absolute Gasteiger partial charge is 0.476 e. The van der Waals surface area contributed by atoms with Gasteiger partial charge in [0.25, 0.3) is 5.56 Å². The molecule has 0 amide bonds. The maximum atomic E-state index is 12.2. The number of carbonyl (C=O) groups is 2. The third-order valence-corrected chi connectivity index (χ3v) is 2.68. The van der Waals surface area contributed by atoms with E-state index in [1.807, 2.05) is 0 Å². The summed E-state index contributed by atoms with van der Waals surface area (Å²) in [6.45, 7) is 8.31. The van der Waals surface area contributed by atoms with Crippen molar-refractivity contribution in [1.82, 2.24) is 9.55 Å². The number of carboxylic acid groups (broad SMARTS) is 1. The van der Waals surface area contributed by atoms with E-state index >= 15 is 0 Å². The lowest BCUT2D eigenvalue weighted by Gasteiger charge is -2.17. The Morgan fingerprint density at radius 3 is 2.43 bits per heavy atom. The number of aromatic nitrogens is 2. The van der Waals surface area contributed by atoms with E-state index in [4.69, 9.17) is 9.84 Å². The molecule has 0 radical (unpaired) electrons. The maximum Gasteiger partial charge on any atom is 0.358 e. The van der Waals surface area contributed by atoms with E-state index in [2.05, 4.69) is 11.6 Å². The average molecular weight is 294 g/mol. The van der Waals surface area contributed by atoms with Gasteiger partial charge in [0.15, 0.2) is 5.69 Å². The van der Waals surface area contributed by atoms with Crippen molar-refractivity contribution < 1.29 is 19.4 Å². The Labute approximate surface area is 121 Å². The van der Waals surface area contributed by atoms with E-state index in [1.165, 1.54) is 13.1 Å². The van der Waals surface area contributed by atoms with Crippen LogP contribution in [0.1, 0.15) is 37.1 Å². The van der Waals surface area contributed by atoms with Gasteiger partial charge in [-0.15, -0.1) is 6.58 Å². The Morgan fingerprint density at radius 1 is 1.43 bits per heavy atom. The fraction of sp³-hybridized carbons (Fsp3) is 0.429. The third-order valence-electron chi connectivity index (χ3n) is 2.68. The van der Waals surface area contributed by atoms with Crippen LogP contribution in [-0.4, -0.2) is 26.6 Å². The van der Waals surface area contributed by atoms with Crippen molar-refractivity contribution in [2.75, 3.05) is 0 Å². The van der Waals surface area contributed by atoms with Crippen LogP contribution in [0.5, 0.6) is 5.75 Å². The average Bonchev–Trinajstić information content (AvgIpc) is 2.36. The first-order chi connectivity index (χ1) is 9.59. The molecule has 1 N–H and O–H groups in total. The zero-order valence-corrected chi connectivity index (χ0v) is 12.5. The minimum absolute atomic E-state index is 0.222. The highest BCUT2D eigenvalue weighted by Gasteiger charge is 2.29. The summed E-state index contributed by atoms with van der Waals surface area (Å²) in [7, 11) is 1.42. The van der Waals surface area contributed by atoms with Gasteiger partial charge in [-0.05, 0) is 20.8 Å². The number of hydrogen-bond donors (Lipinski definition) is 1. The van der Waals surface area contributed by atoms with Crippen molar-refractivity contribution in [3.8, 4) is 5.75 Å². The lowest BCUT2D eigenvalue weighted by atomic mass is 9.97. The second-order valence-electron chi connectivity index (χ2n) is 5.51. The molecule has 0 fully saturated rings. The molecule has 114 valence electrons. The van der Waals surface area contributed by atoms with Crippen LogP contribution in [0.25, 0.3) is 0 Å². The van der Waals surface area contributed by atoms with Gasteiger partial charge in [0, 0.05) is 13.5 Å². The van der Waals surface area contributed by atoms with Crippen LogP contribution >= 0.6 is 0 Å². The second kappa shape index (κ2) is 5.90. The van der Waals surface area contributed by atoms with Crippen molar-refractivity contribution in [1.29, 1.82) is 0 Å². The molecule has 0 aliphatic heterocycles. The first-order valence-corrected chi connectivity index (χ1v) is 6.26. The summed E-state index contributed by atoms with van der Waals surface area (Å²) in [4.78, 5) is 39.2. The highest BCUT2D eigenvalue weighted by Crippen LogP contribution is 2.19. The first kappa shape index (κ1) is 16.6. The maximum absolute atomic E-state index is 12.2. The van der Waals surface area contributed by atoms with Crippen LogP contribution in [0.2, 0.25) is 0 Å². The molecule has 0 saturated carbocycles. The molecule has 0 atom stereocenters. The first-order valence-electron chi connectivity index (χ1n) is 6.26. The molecular weight excluding hydrogens is 276 g/mol. The van der Waals surface area contributed by atoms with Gasteiger partial charge in [-0.3, -0.25) is 14.2 Å². The van der Waals surface area contributed by atoms with Crippen LogP contribution < -0.4 is 10.3 Å². The molecule has 7 nitrogen and oxygen atoms in total. The Balaban J connectivity index is 3.47. The highest BCUT2D eigenvalue weighted by atomic mass is 16.5. The quantitative estimate of drug-likeness (QED) is 0.661. The van der Waals surface area contributed by atoms with Gasteiger partial charge in [0.1, 0.15) is 5.82 Å². The summed E-state index contributed by atoms with van der Waals surface area (Å²) in [6, 6.07) is 0. The zero-order valence-electron chi connectivity index (χ0n) is 12.5. The van der Waals surface area contributed by atoms with Gasteiger partial charge in [-0.1, -0.05) is 6.08 Å².